The van der Waals surface area contributed by atoms with Crippen LogP contribution in [0, 0.1) is 13.8 Å². The fourth-order valence-corrected chi connectivity index (χ4v) is 4.69. The fraction of sp³-hybridized carbons (Fsp3) is 0.429. The molecule has 7 nitrogen and oxygen atoms in total. The van der Waals surface area contributed by atoms with Gasteiger partial charge in [-0.05, 0) is 54.8 Å². The minimum absolute atomic E-state index is 0.0603. The number of carbonyl (C=O) groups excluding carboxylic acids is 1. The predicted molar refractivity (Wildman–Crippen MR) is 116 cm³/mol. The van der Waals surface area contributed by atoms with Crippen LogP contribution in [0.3, 0.4) is 0 Å². The van der Waals surface area contributed by atoms with E-state index in [0.29, 0.717) is 18.2 Å². The first-order chi connectivity index (χ1) is 14.5. The van der Waals surface area contributed by atoms with Crippen LogP contribution in [-0.2, 0) is 17.8 Å². The van der Waals surface area contributed by atoms with Gasteiger partial charge in [0.1, 0.15) is 0 Å². The second kappa shape index (κ2) is 9.32. The average molecular weight is 446 g/mol. The number of hydrogen-bond acceptors (Lipinski definition) is 6. The fourth-order valence-electron chi connectivity index (χ4n) is 3.73. The second-order valence-corrected chi connectivity index (χ2v) is 8.80. The molecular weight excluding hydrogens is 422 g/mol. The number of benzene rings is 1. The van der Waals surface area contributed by atoms with E-state index in [0.717, 1.165) is 47.0 Å². The molecule has 0 aliphatic carbocycles. The van der Waals surface area contributed by atoms with Crippen molar-refractivity contribution in [3.8, 4) is 0 Å². The lowest BCUT2D eigenvalue weighted by Gasteiger charge is -2.11. The molecule has 0 amide bonds. The SMILES string of the molecule is Cc1cc(C(=O)CSc2nnnn2C[C@H]2CCCO2)c(C)n1Cc1ccccc1Cl. The summed E-state index contributed by atoms with van der Waals surface area (Å²) in [7, 11) is 0. The summed E-state index contributed by atoms with van der Waals surface area (Å²) in [5, 5.41) is 13.3. The van der Waals surface area contributed by atoms with Crippen LogP contribution in [0.15, 0.2) is 35.5 Å². The van der Waals surface area contributed by atoms with E-state index in [1.165, 1.54) is 11.8 Å². The molecule has 0 saturated carbocycles. The molecule has 1 atom stereocenters. The van der Waals surface area contributed by atoms with Crippen molar-refractivity contribution in [2.75, 3.05) is 12.4 Å². The zero-order valence-corrected chi connectivity index (χ0v) is 18.6. The van der Waals surface area contributed by atoms with Gasteiger partial charge in [-0.3, -0.25) is 4.79 Å². The van der Waals surface area contributed by atoms with Crippen LogP contribution in [0.5, 0.6) is 0 Å². The Hall–Kier alpha value is -2.16. The summed E-state index contributed by atoms with van der Waals surface area (Å²) in [6.45, 7) is 6.03. The van der Waals surface area contributed by atoms with E-state index in [1.54, 1.807) is 4.68 Å². The number of ether oxygens (including phenoxy) is 1. The molecule has 1 aromatic carbocycles. The first-order valence-corrected chi connectivity index (χ1v) is 11.3. The Bertz CT molecular complexity index is 1040. The third kappa shape index (κ3) is 4.61. The maximum absolute atomic E-state index is 12.9. The van der Waals surface area contributed by atoms with E-state index in [4.69, 9.17) is 16.3 Å². The summed E-state index contributed by atoms with van der Waals surface area (Å²) in [4.78, 5) is 12.9. The molecule has 3 aromatic rings. The average Bonchev–Trinajstić information content (AvgIpc) is 3.46. The number of halogens is 1. The number of thioether (sulfide) groups is 1. The second-order valence-electron chi connectivity index (χ2n) is 7.45. The third-order valence-corrected chi connectivity index (χ3v) is 6.72. The van der Waals surface area contributed by atoms with Crippen LogP contribution in [0.4, 0.5) is 0 Å². The van der Waals surface area contributed by atoms with E-state index < -0.39 is 0 Å². The molecule has 0 N–H and O–H groups in total. The predicted octanol–water partition coefficient (Wildman–Crippen LogP) is 3.95. The highest BCUT2D eigenvalue weighted by Gasteiger charge is 2.21. The summed E-state index contributed by atoms with van der Waals surface area (Å²) >= 11 is 7.68. The monoisotopic (exact) mass is 445 g/mol. The number of carbonyl (C=O) groups is 1. The highest BCUT2D eigenvalue weighted by molar-refractivity contribution is 7.99. The number of nitrogens with zero attached hydrogens (tertiary/aromatic N) is 5. The minimum Gasteiger partial charge on any atom is -0.376 e. The Kier molecular flexibility index (Phi) is 6.55. The van der Waals surface area contributed by atoms with Crippen LogP contribution in [0.1, 0.15) is 40.2 Å². The number of tetrazole rings is 1. The van der Waals surface area contributed by atoms with Gasteiger partial charge >= 0.3 is 0 Å². The third-order valence-electron chi connectivity index (χ3n) is 5.39. The van der Waals surface area contributed by atoms with Gasteiger partial charge in [0.15, 0.2) is 5.78 Å². The maximum Gasteiger partial charge on any atom is 0.209 e. The molecular formula is C21H24ClN5O2S. The molecule has 30 heavy (non-hydrogen) atoms. The van der Waals surface area contributed by atoms with Crippen LogP contribution in [0.25, 0.3) is 0 Å². The molecule has 4 rings (SSSR count). The maximum atomic E-state index is 12.9. The van der Waals surface area contributed by atoms with Gasteiger partial charge in [0.25, 0.3) is 0 Å². The van der Waals surface area contributed by atoms with E-state index in [-0.39, 0.29) is 17.6 Å². The quantitative estimate of drug-likeness (QED) is 0.386. The lowest BCUT2D eigenvalue weighted by atomic mass is 10.2. The number of aryl methyl sites for hydroxylation is 1. The minimum atomic E-state index is 0.0603. The van der Waals surface area contributed by atoms with Crippen LogP contribution >= 0.6 is 23.4 Å². The van der Waals surface area contributed by atoms with E-state index in [9.17, 15) is 4.79 Å². The van der Waals surface area contributed by atoms with Gasteiger partial charge in [-0.15, -0.1) is 5.10 Å². The highest BCUT2D eigenvalue weighted by Crippen LogP contribution is 2.24. The lowest BCUT2D eigenvalue weighted by molar-refractivity contribution is 0.0912. The Morgan fingerprint density at radius 1 is 1.33 bits per heavy atom. The molecule has 158 valence electrons. The molecule has 1 fully saturated rings. The zero-order valence-electron chi connectivity index (χ0n) is 17.0. The van der Waals surface area contributed by atoms with Gasteiger partial charge in [0.05, 0.1) is 18.4 Å². The van der Waals surface area contributed by atoms with E-state index in [1.807, 2.05) is 44.2 Å². The van der Waals surface area contributed by atoms with Crippen molar-refractivity contribution < 1.29 is 9.53 Å². The summed E-state index contributed by atoms with van der Waals surface area (Å²) in [5.74, 6) is 0.340. The summed E-state index contributed by atoms with van der Waals surface area (Å²) in [6.07, 6.45) is 2.23. The highest BCUT2D eigenvalue weighted by atomic mass is 35.5. The van der Waals surface area contributed by atoms with Gasteiger partial charge in [0, 0.05) is 35.1 Å². The Balaban J connectivity index is 1.43. The van der Waals surface area contributed by atoms with Gasteiger partial charge in [-0.1, -0.05) is 41.6 Å². The zero-order chi connectivity index (χ0) is 21.1. The van der Waals surface area contributed by atoms with Crippen molar-refractivity contribution in [2.45, 2.75) is 51.0 Å². The van der Waals surface area contributed by atoms with Gasteiger partial charge in [0.2, 0.25) is 5.16 Å². The van der Waals surface area contributed by atoms with Crippen molar-refractivity contribution >= 4 is 29.1 Å². The lowest BCUT2D eigenvalue weighted by Crippen LogP contribution is -2.17. The molecule has 9 heteroatoms. The van der Waals surface area contributed by atoms with E-state index in [2.05, 4.69) is 20.1 Å². The molecule has 1 aliphatic heterocycles. The molecule has 0 unspecified atom stereocenters. The van der Waals surface area contributed by atoms with Gasteiger partial charge in [-0.25, -0.2) is 4.68 Å². The van der Waals surface area contributed by atoms with Crippen LogP contribution in [0.2, 0.25) is 5.02 Å². The largest absolute Gasteiger partial charge is 0.376 e. The first kappa shape index (κ1) is 21.1. The number of Topliss-reactive ketones (excluding diaryl/α,β-unsaturated/α-hetero) is 1. The Labute approximate surface area is 184 Å². The van der Waals surface area contributed by atoms with Crippen LogP contribution < -0.4 is 0 Å². The number of aromatic nitrogens is 5. The molecule has 0 bridgehead atoms. The number of hydrogen-bond donors (Lipinski definition) is 0. The smallest absolute Gasteiger partial charge is 0.209 e. The Morgan fingerprint density at radius 2 is 2.17 bits per heavy atom. The van der Waals surface area contributed by atoms with Crippen molar-refractivity contribution in [1.82, 2.24) is 24.8 Å². The van der Waals surface area contributed by atoms with Crippen molar-refractivity contribution in [3.05, 3.63) is 57.9 Å². The summed E-state index contributed by atoms with van der Waals surface area (Å²) in [5.41, 5.74) is 3.73. The normalized spacial score (nSPS) is 16.3. The van der Waals surface area contributed by atoms with Gasteiger partial charge < -0.3 is 9.30 Å². The first-order valence-electron chi connectivity index (χ1n) is 9.97. The molecule has 1 aliphatic rings. The van der Waals surface area contributed by atoms with Crippen LogP contribution in [-0.4, -0.2) is 49.0 Å². The summed E-state index contributed by atoms with van der Waals surface area (Å²) < 4.78 is 9.52. The molecule has 1 saturated heterocycles. The molecule has 2 aromatic heterocycles. The number of ketones is 1. The standard InChI is InChI=1S/C21H24ClN5O2S/c1-14-10-18(15(2)26(14)11-16-6-3-4-8-19(16)22)20(28)13-30-21-23-24-25-27(21)12-17-7-5-9-29-17/h3-4,6,8,10,17H,5,7,9,11-13H2,1-2H3/t17-/m1/s1. The topological polar surface area (TPSA) is 74.8 Å². The van der Waals surface area contributed by atoms with Gasteiger partial charge in [-0.2, -0.15) is 0 Å². The van der Waals surface area contributed by atoms with E-state index >= 15 is 0 Å². The number of rotatable bonds is 8. The molecule has 0 spiro atoms. The summed E-state index contributed by atoms with van der Waals surface area (Å²) in [6, 6.07) is 9.73. The molecule has 0 radical (unpaired) electrons. The van der Waals surface area contributed by atoms with Crippen molar-refractivity contribution in [1.29, 1.82) is 0 Å². The van der Waals surface area contributed by atoms with Crippen molar-refractivity contribution in [2.24, 2.45) is 0 Å². The Morgan fingerprint density at radius 3 is 2.93 bits per heavy atom. The molecule has 3 heterocycles. The van der Waals surface area contributed by atoms with Crippen molar-refractivity contribution in [3.63, 3.8) is 0 Å².